The first-order valence-electron chi connectivity index (χ1n) is 19.5. The van der Waals surface area contributed by atoms with E-state index in [1.54, 1.807) is 48.5 Å². The third-order valence-corrected chi connectivity index (χ3v) is 10.4. The van der Waals surface area contributed by atoms with Crippen LogP contribution in [0.1, 0.15) is 55.6 Å². The number of hydrogen-bond acceptors (Lipinski definition) is 4. The Bertz CT molecular complexity index is 2950. The van der Waals surface area contributed by atoms with Crippen molar-refractivity contribution in [3.63, 3.8) is 0 Å². The first-order chi connectivity index (χ1) is 29.4. The molecule has 0 bridgehead atoms. The van der Waals surface area contributed by atoms with Crippen molar-refractivity contribution in [3.8, 4) is 0 Å². The van der Waals surface area contributed by atoms with E-state index < -0.39 is 0 Å². The van der Waals surface area contributed by atoms with Crippen LogP contribution in [0.2, 0.25) is 0 Å². The second-order valence-electron chi connectivity index (χ2n) is 14.2. The first kappa shape index (κ1) is 38.6. The Labute approximate surface area is 348 Å². The Kier molecular flexibility index (Phi) is 11.5. The summed E-state index contributed by atoms with van der Waals surface area (Å²) in [5, 5.41) is 25.1. The molecule has 0 fully saturated rings. The van der Waals surface area contributed by atoms with E-state index in [0.717, 1.165) is 77.6 Å². The Morgan fingerprint density at radius 3 is 1.22 bits per heavy atom. The van der Waals surface area contributed by atoms with Gasteiger partial charge in [-0.15, -0.1) is 0 Å². The van der Waals surface area contributed by atoms with Gasteiger partial charge in [0.2, 0.25) is 0 Å². The minimum absolute atomic E-state index is 0.0496. The van der Waals surface area contributed by atoms with Crippen molar-refractivity contribution in [2.45, 2.75) is 0 Å². The molecule has 0 atom stereocenters. The number of nitro benzene ring substituents is 2. The molecule has 0 unspecified atom stereocenters. The number of hydrogen-bond donors (Lipinski definition) is 0. The fraction of sp³-hybridized carbons (Fsp3) is 0. The molecule has 0 amide bonds. The van der Waals surface area contributed by atoms with Crippen LogP contribution in [0.5, 0.6) is 0 Å². The summed E-state index contributed by atoms with van der Waals surface area (Å²) in [6, 6.07) is 62.6. The molecule has 0 aliphatic heterocycles. The highest BCUT2D eigenvalue weighted by molar-refractivity contribution is 5.99. The summed E-state index contributed by atoms with van der Waals surface area (Å²) in [4.78, 5) is 22.1. The van der Waals surface area contributed by atoms with E-state index in [9.17, 15) is 20.2 Å². The zero-order valence-corrected chi connectivity index (χ0v) is 32.5. The van der Waals surface area contributed by atoms with Gasteiger partial charge in [0.05, 0.1) is 9.85 Å². The molecule has 0 spiro atoms. The van der Waals surface area contributed by atoms with Gasteiger partial charge in [-0.1, -0.05) is 170 Å². The van der Waals surface area contributed by atoms with E-state index in [-0.39, 0.29) is 21.2 Å². The van der Waals surface area contributed by atoms with Crippen LogP contribution in [0.15, 0.2) is 194 Å². The van der Waals surface area contributed by atoms with Gasteiger partial charge in [0.25, 0.3) is 11.4 Å². The van der Waals surface area contributed by atoms with Crippen molar-refractivity contribution in [1.29, 1.82) is 0 Å². The summed E-state index contributed by atoms with van der Waals surface area (Å²) >= 11 is 0. The molecule has 8 aromatic carbocycles. The van der Waals surface area contributed by atoms with E-state index in [2.05, 4.69) is 91.1 Å². The summed E-state index contributed by atoms with van der Waals surface area (Å²) in [6.45, 7) is 0. The Hall–Kier alpha value is -8.22. The Morgan fingerprint density at radius 2 is 0.733 bits per heavy atom. The zero-order valence-electron chi connectivity index (χ0n) is 32.5. The number of nitrogens with zero attached hydrogens (tertiary/aromatic N) is 2. The van der Waals surface area contributed by atoms with E-state index in [1.165, 1.54) is 0 Å². The molecule has 60 heavy (non-hydrogen) atoms. The number of nitro groups is 2. The Morgan fingerprint density at radius 1 is 0.350 bits per heavy atom. The van der Waals surface area contributed by atoms with E-state index in [4.69, 9.17) is 0 Å². The minimum Gasteiger partial charge on any atom is -0.258 e. The van der Waals surface area contributed by atoms with E-state index in [1.807, 2.05) is 91.0 Å². The predicted octanol–water partition coefficient (Wildman–Crippen LogP) is 14.2. The molecular weight excluding hydrogens is 741 g/mol. The highest BCUT2D eigenvalue weighted by Crippen LogP contribution is 2.32. The smallest absolute Gasteiger partial charge is 0.258 e. The second-order valence-corrected chi connectivity index (χ2v) is 14.2. The van der Waals surface area contributed by atoms with Crippen LogP contribution >= 0.6 is 0 Å². The largest absolute Gasteiger partial charge is 0.269 e. The van der Waals surface area contributed by atoms with Crippen LogP contribution in [-0.4, -0.2) is 9.85 Å². The highest BCUT2D eigenvalue weighted by Gasteiger charge is 2.13. The number of benzene rings is 8. The number of fused-ring (bicyclic) bond motifs is 1. The van der Waals surface area contributed by atoms with Crippen LogP contribution < -0.4 is 0 Å². The number of rotatable bonds is 12. The zero-order chi connectivity index (χ0) is 41.3. The lowest BCUT2D eigenvalue weighted by Gasteiger charge is -2.11. The van der Waals surface area contributed by atoms with E-state index >= 15 is 0 Å². The highest BCUT2D eigenvalue weighted by atomic mass is 16.6. The van der Waals surface area contributed by atoms with Crippen LogP contribution in [0.3, 0.4) is 0 Å². The summed E-state index contributed by atoms with van der Waals surface area (Å²) in [6.07, 6.45) is 12.9. The second kappa shape index (κ2) is 17.9. The molecule has 288 valence electrons. The molecule has 0 saturated carbocycles. The van der Waals surface area contributed by atoms with Crippen molar-refractivity contribution in [2.24, 2.45) is 0 Å². The third kappa shape index (κ3) is 8.84. The van der Waals surface area contributed by atoms with Crippen LogP contribution in [-0.2, 0) is 0 Å². The standard InChI is InChI=1S/C54H38N2O4/c57-55(58)49-32-27-45(28-33-49)53(41-15-3-1-4-16-41)37-47-20-9-7-13-39(47)23-24-44-26-25-43-19-11-12-22-51(43)52(44)36-31-40-14-8-10-21-48(40)38-54(42-17-5-2-6-18-42)46-29-34-50(35-30-46)56(59)60/h1-38H/b24-23?,36-31?,53-37-,54-38-. The van der Waals surface area contributed by atoms with Gasteiger partial charge in [0, 0.05) is 24.3 Å². The molecule has 0 radical (unpaired) electrons. The molecule has 0 aliphatic rings. The molecule has 0 N–H and O–H groups in total. The van der Waals surface area contributed by atoms with Crippen LogP contribution in [0, 0.1) is 20.2 Å². The minimum atomic E-state index is -0.381. The molecule has 8 rings (SSSR count). The average Bonchev–Trinajstić information content (AvgIpc) is 3.30. The van der Waals surface area contributed by atoms with E-state index in [0.29, 0.717) is 0 Å². The fourth-order valence-electron chi connectivity index (χ4n) is 7.32. The first-order valence-corrected chi connectivity index (χ1v) is 19.5. The monoisotopic (exact) mass is 778 g/mol. The van der Waals surface area contributed by atoms with Crippen molar-refractivity contribution in [3.05, 3.63) is 270 Å². The summed E-state index contributed by atoms with van der Waals surface area (Å²) < 4.78 is 0. The van der Waals surface area contributed by atoms with Gasteiger partial charge in [0.15, 0.2) is 0 Å². The maximum Gasteiger partial charge on any atom is 0.269 e. The maximum atomic E-state index is 11.4. The van der Waals surface area contributed by atoms with Gasteiger partial charge in [0.1, 0.15) is 0 Å². The van der Waals surface area contributed by atoms with Gasteiger partial charge < -0.3 is 0 Å². The molecular formula is C54H38N2O4. The molecule has 8 aromatic rings. The normalized spacial score (nSPS) is 12.0. The SMILES string of the molecule is O=[N+]([O-])c1ccc(/C(=C\c2ccccc2C=Cc2ccc3ccccc3c2C=Cc2ccccc2/C=C(/c2ccccc2)c2ccc([N+](=O)[O-])cc2)c2ccccc2)cc1. The molecule has 6 heteroatoms. The average molecular weight is 779 g/mol. The topological polar surface area (TPSA) is 86.3 Å². The predicted molar refractivity (Wildman–Crippen MR) is 248 cm³/mol. The van der Waals surface area contributed by atoms with Crippen LogP contribution in [0.25, 0.3) is 58.4 Å². The summed E-state index contributed by atoms with van der Waals surface area (Å²) in [7, 11) is 0. The van der Waals surface area contributed by atoms with Gasteiger partial charge in [-0.3, -0.25) is 20.2 Å². The van der Waals surface area contributed by atoms with Gasteiger partial charge in [-0.2, -0.15) is 0 Å². The lowest BCUT2D eigenvalue weighted by Crippen LogP contribution is -1.92. The van der Waals surface area contributed by atoms with Gasteiger partial charge in [-0.25, -0.2) is 0 Å². The Balaban J connectivity index is 1.19. The van der Waals surface area contributed by atoms with Gasteiger partial charge >= 0.3 is 0 Å². The molecule has 0 saturated heterocycles. The van der Waals surface area contributed by atoms with Crippen molar-refractivity contribution < 1.29 is 9.85 Å². The van der Waals surface area contributed by atoms with Crippen molar-refractivity contribution >= 4 is 69.7 Å². The third-order valence-electron chi connectivity index (χ3n) is 10.4. The molecule has 0 heterocycles. The quantitative estimate of drug-likeness (QED) is 0.0702. The number of non-ortho nitro benzene ring substituents is 2. The lowest BCUT2D eigenvalue weighted by atomic mass is 9.93. The molecule has 0 aliphatic carbocycles. The maximum absolute atomic E-state index is 11.4. The van der Waals surface area contributed by atoms with Crippen molar-refractivity contribution in [2.75, 3.05) is 0 Å². The fourth-order valence-corrected chi connectivity index (χ4v) is 7.32. The molecule has 6 nitrogen and oxygen atoms in total. The van der Waals surface area contributed by atoms with Gasteiger partial charge in [-0.05, 0) is 114 Å². The summed E-state index contributed by atoms with van der Waals surface area (Å²) in [5.74, 6) is 0. The lowest BCUT2D eigenvalue weighted by molar-refractivity contribution is -0.385. The molecule has 0 aromatic heterocycles. The van der Waals surface area contributed by atoms with Crippen molar-refractivity contribution in [1.82, 2.24) is 0 Å². The van der Waals surface area contributed by atoms with Crippen LogP contribution in [0.4, 0.5) is 11.4 Å². The summed E-state index contributed by atoms with van der Waals surface area (Å²) in [5.41, 5.74) is 12.0.